The summed E-state index contributed by atoms with van der Waals surface area (Å²) in [6.45, 7) is 10.5. The number of hydrazine groups is 2. The van der Waals surface area contributed by atoms with E-state index in [4.69, 9.17) is 0 Å². The van der Waals surface area contributed by atoms with Gasteiger partial charge in [-0.2, -0.15) is 0 Å². The molecule has 4 nitrogen and oxygen atoms in total. The second kappa shape index (κ2) is 5.74. The van der Waals surface area contributed by atoms with E-state index in [1.54, 1.807) is 6.92 Å². The topological polar surface area (TPSA) is 44.4 Å². The highest BCUT2D eigenvalue weighted by atomic mass is 16.2. The van der Waals surface area contributed by atoms with Gasteiger partial charge in [0.25, 0.3) is 5.91 Å². The van der Waals surface area contributed by atoms with Gasteiger partial charge in [0.05, 0.1) is 0 Å². The second-order valence-electron chi connectivity index (χ2n) is 2.44. The van der Waals surface area contributed by atoms with Gasteiger partial charge < -0.3 is 0 Å². The van der Waals surface area contributed by atoms with Crippen LogP contribution in [-0.2, 0) is 4.79 Å². The number of amides is 1. The summed E-state index contributed by atoms with van der Waals surface area (Å²) in [7, 11) is 0. The highest BCUT2D eigenvalue weighted by Crippen LogP contribution is 1.91. The summed E-state index contributed by atoms with van der Waals surface area (Å²) in [5.74, 6) is -0.126. The van der Waals surface area contributed by atoms with Crippen molar-refractivity contribution in [1.82, 2.24) is 16.0 Å². The van der Waals surface area contributed by atoms with E-state index in [0.29, 0.717) is 18.7 Å². The van der Waals surface area contributed by atoms with Crippen molar-refractivity contribution in [2.24, 2.45) is 0 Å². The summed E-state index contributed by atoms with van der Waals surface area (Å²) in [5.41, 5.74) is 6.26. The van der Waals surface area contributed by atoms with Crippen LogP contribution in [0.1, 0.15) is 20.8 Å². The molecule has 0 aromatic carbocycles. The van der Waals surface area contributed by atoms with E-state index >= 15 is 0 Å². The second-order valence-corrected chi connectivity index (χ2v) is 2.44. The zero-order valence-electron chi connectivity index (χ0n) is 7.98. The molecule has 0 saturated heterocycles. The lowest BCUT2D eigenvalue weighted by atomic mass is 10.3. The molecule has 4 heteroatoms. The SMILES string of the molecule is C=C(C)C(=O)N(NCC)NCC. The Kier molecular flexibility index (Phi) is 5.32. The molecule has 2 N–H and O–H groups in total. The van der Waals surface area contributed by atoms with Gasteiger partial charge in [0.15, 0.2) is 0 Å². The van der Waals surface area contributed by atoms with Crippen LogP contribution in [0.25, 0.3) is 0 Å². The number of nitrogens with one attached hydrogen (secondary N) is 2. The molecule has 0 saturated carbocycles. The van der Waals surface area contributed by atoms with E-state index in [9.17, 15) is 4.79 Å². The number of hydrogen-bond donors (Lipinski definition) is 2. The molecule has 0 aliphatic heterocycles. The maximum absolute atomic E-state index is 11.3. The summed E-state index contributed by atoms with van der Waals surface area (Å²) in [4.78, 5) is 11.3. The Morgan fingerprint density at radius 2 is 1.75 bits per heavy atom. The molecule has 0 unspecified atom stereocenters. The molecule has 0 aliphatic carbocycles. The van der Waals surface area contributed by atoms with Crippen LogP contribution in [0.15, 0.2) is 12.2 Å². The molecule has 0 bridgehead atoms. The minimum atomic E-state index is -0.126. The van der Waals surface area contributed by atoms with Gasteiger partial charge in [-0.15, -0.1) is 0 Å². The van der Waals surface area contributed by atoms with Crippen LogP contribution in [-0.4, -0.2) is 24.1 Å². The molecule has 0 aliphatic rings. The predicted octanol–water partition coefficient (Wildman–Crippen LogP) is 0.440. The van der Waals surface area contributed by atoms with Crippen LogP contribution in [0.5, 0.6) is 0 Å². The molecule has 0 fully saturated rings. The maximum atomic E-state index is 11.3. The standard InChI is InChI=1S/C8H17N3O/c1-5-9-11(10-6-2)8(12)7(3)4/h9-10H,3,5-6H2,1-2,4H3. The fraction of sp³-hybridized carbons (Fsp3) is 0.625. The molecule has 0 radical (unpaired) electrons. The molecule has 0 rings (SSSR count). The zero-order chi connectivity index (χ0) is 9.56. The zero-order valence-corrected chi connectivity index (χ0v) is 7.98. The Labute approximate surface area is 73.6 Å². The van der Waals surface area contributed by atoms with Crippen LogP contribution in [0.3, 0.4) is 0 Å². The first-order valence-corrected chi connectivity index (χ1v) is 4.10. The van der Waals surface area contributed by atoms with Crippen molar-refractivity contribution in [3.8, 4) is 0 Å². The molecule has 0 spiro atoms. The summed E-state index contributed by atoms with van der Waals surface area (Å²) < 4.78 is 0. The molecule has 0 aromatic heterocycles. The van der Waals surface area contributed by atoms with Gasteiger partial charge in [0, 0.05) is 18.7 Å². The minimum absolute atomic E-state index is 0.126. The van der Waals surface area contributed by atoms with E-state index in [2.05, 4.69) is 17.4 Å². The van der Waals surface area contributed by atoms with Crippen LogP contribution in [0.2, 0.25) is 0 Å². The third-order valence-electron chi connectivity index (χ3n) is 1.20. The molecular formula is C8H17N3O. The first-order valence-electron chi connectivity index (χ1n) is 4.10. The fourth-order valence-corrected chi connectivity index (χ4v) is 0.707. The van der Waals surface area contributed by atoms with Crippen molar-refractivity contribution >= 4 is 5.91 Å². The van der Waals surface area contributed by atoms with E-state index in [-0.39, 0.29) is 5.91 Å². The van der Waals surface area contributed by atoms with Gasteiger partial charge in [-0.3, -0.25) is 4.79 Å². The molecule has 12 heavy (non-hydrogen) atoms. The van der Waals surface area contributed by atoms with Gasteiger partial charge in [0.2, 0.25) is 0 Å². The molecule has 0 aromatic rings. The lowest BCUT2D eigenvalue weighted by Crippen LogP contribution is -2.51. The Bertz CT molecular complexity index is 162. The smallest absolute Gasteiger partial charge is 0.267 e. The lowest BCUT2D eigenvalue weighted by Gasteiger charge is -2.22. The van der Waals surface area contributed by atoms with Crippen molar-refractivity contribution in [3.05, 3.63) is 12.2 Å². The van der Waals surface area contributed by atoms with Crippen molar-refractivity contribution in [2.45, 2.75) is 20.8 Å². The number of hydrogen-bond acceptors (Lipinski definition) is 3. The first-order chi connectivity index (χ1) is 5.63. The normalized spacial score (nSPS) is 9.58. The summed E-state index contributed by atoms with van der Waals surface area (Å²) in [6.07, 6.45) is 0. The molecule has 0 heterocycles. The average Bonchev–Trinajstić information content (AvgIpc) is 2.03. The number of rotatable bonds is 5. The van der Waals surface area contributed by atoms with Gasteiger partial charge in [0.1, 0.15) is 0 Å². The number of nitrogens with zero attached hydrogens (tertiary/aromatic N) is 1. The Balaban J connectivity index is 4.08. The fourth-order valence-electron chi connectivity index (χ4n) is 0.707. The van der Waals surface area contributed by atoms with Gasteiger partial charge in [-0.1, -0.05) is 20.4 Å². The van der Waals surface area contributed by atoms with Gasteiger partial charge in [-0.25, -0.2) is 16.0 Å². The van der Waals surface area contributed by atoms with Crippen LogP contribution in [0.4, 0.5) is 0 Å². The van der Waals surface area contributed by atoms with E-state index in [0.717, 1.165) is 0 Å². The number of carbonyl (C=O) groups is 1. The van der Waals surface area contributed by atoms with E-state index in [1.807, 2.05) is 13.8 Å². The van der Waals surface area contributed by atoms with Gasteiger partial charge >= 0.3 is 0 Å². The average molecular weight is 171 g/mol. The Morgan fingerprint density at radius 1 is 1.33 bits per heavy atom. The summed E-state index contributed by atoms with van der Waals surface area (Å²) >= 11 is 0. The Hall–Kier alpha value is -0.870. The third kappa shape index (κ3) is 3.50. The van der Waals surface area contributed by atoms with Crippen molar-refractivity contribution < 1.29 is 4.79 Å². The molecule has 70 valence electrons. The highest BCUT2D eigenvalue weighted by molar-refractivity contribution is 5.91. The Morgan fingerprint density at radius 3 is 2.00 bits per heavy atom. The third-order valence-corrected chi connectivity index (χ3v) is 1.20. The van der Waals surface area contributed by atoms with E-state index in [1.165, 1.54) is 5.12 Å². The molecular weight excluding hydrogens is 154 g/mol. The lowest BCUT2D eigenvalue weighted by molar-refractivity contribution is -0.133. The van der Waals surface area contributed by atoms with E-state index < -0.39 is 0 Å². The van der Waals surface area contributed by atoms with Crippen molar-refractivity contribution in [1.29, 1.82) is 0 Å². The van der Waals surface area contributed by atoms with Crippen LogP contribution >= 0.6 is 0 Å². The highest BCUT2D eigenvalue weighted by Gasteiger charge is 2.10. The predicted molar refractivity (Wildman–Crippen MR) is 49.0 cm³/mol. The largest absolute Gasteiger partial charge is 0.277 e. The van der Waals surface area contributed by atoms with Crippen molar-refractivity contribution in [3.63, 3.8) is 0 Å². The molecule has 1 amide bonds. The summed E-state index contributed by atoms with van der Waals surface area (Å²) in [6, 6.07) is 0. The quantitative estimate of drug-likeness (QED) is 0.466. The number of carbonyl (C=O) groups excluding carboxylic acids is 1. The molecule has 0 atom stereocenters. The maximum Gasteiger partial charge on any atom is 0.277 e. The first kappa shape index (κ1) is 11.1. The van der Waals surface area contributed by atoms with Gasteiger partial charge in [-0.05, 0) is 6.92 Å². The van der Waals surface area contributed by atoms with Crippen molar-refractivity contribution in [2.75, 3.05) is 13.1 Å². The van der Waals surface area contributed by atoms with Crippen LogP contribution in [0, 0.1) is 0 Å². The monoisotopic (exact) mass is 171 g/mol. The van der Waals surface area contributed by atoms with Crippen LogP contribution < -0.4 is 10.9 Å². The summed E-state index contributed by atoms with van der Waals surface area (Å²) in [5, 5.41) is 1.36. The minimum Gasteiger partial charge on any atom is -0.267 e.